The summed E-state index contributed by atoms with van der Waals surface area (Å²) >= 11 is 0. The molecule has 0 aliphatic heterocycles. The second kappa shape index (κ2) is 29.7. The molecule has 0 aromatic carbocycles. The van der Waals surface area contributed by atoms with Crippen molar-refractivity contribution in [3.63, 3.8) is 0 Å². The van der Waals surface area contributed by atoms with Crippen molar-refractivity contribution in [3.05, 3.63) is 24.3 Å². The average Bonchev–Trinajstić information content (AvgIpc) is 3.37. The third-order valence-electron chi connectivity index (χ3n) is 10.4. The molecule has 0 heterocycles. The largest absolute Gasteiger partial charge is 0.472 e. The van der Waals surface area contributed by atoms with Crippen molar-refractivity contribution < 1.29 is 53.0 Å². The Morgan fingerprint density at radius 2 is 1.42 bits per heavy atom. The normalized spacial score (nSPS) is 21.9. The van der Waals surface area contributed by atoms with Crippen LogP contribution in [0.5, 0.6) is 0 Å². The Labute approximate surface area is 333 Å². The zero-order chi connectivity index (χ0) is 41.1. The second-order valence-electron chi connectivity index (χ2n) is 16.7. The number of carbonyl (C=O) groups is 2. The summed E-state index contributed by atoms with van der Waals surface area (Å²) in [7, 11) is 1.34. The molecule has 1 fully saturated rings. The highest BCUT2D eigenvalue weighted by Crippen LogP contribution is 2.43. The molecule has 8 atom stereocenters. The van der Waals surface area contributed by atoms with Crippen LogP contribution in [0.25, 0.3) is 0 Å². The molecule has 1 rings (SSSR count). The molecule has 6 N–H and O–H groups in total. The minimum Gasteiger partial charge on any atom is -0.393 e. The number of aliphatic hydroxyl groups is 4. The number of hydrogen-bond acceptors (Lipinski definition) is 9. The highest BCUT2D eigenvalue weighted by Gasteiger charge is 2.41. The van der Waals surface area contributed by atoms with Crippen LogP contribution in [-0.4, -0.2) is 113 Å². The van der Waals surface area contributed by atoms with Gasteiger partial charge in [0.15, 0.2) is 0 Å². The van der Waals surface area contributed by atoms with E-state index >= 15 is 0 Å². The average molecular weight is 804 g/mol. The van der Waals surface area contributed by atoms with Gasteiger partial charge in [-0.3, -0.25) is 18.6 Å². The quantitative estimate of drug-likeness (QED) is 0.0173. The Morgan fingerprint density at radius 3 is 2.05 bits per heavy atom. The fraction of sp³-hybridized carbons (Fsp3) is 0.857. The Morgan fingerprint density at radius 1 is 0.818 bits per heavy atom. The Bertz CT molecular complexity index is 1130. The van der Waals surface area contributed by atoms with E-state index in [-0.39, 0.29) is 44.0 Å². The van der Waals surface area contributed by atoms with E-state index in [4.69, 9.17) is 9.05 Å². The van der Waals surface area contributed by atoms with E-state index in [1.54, 1.807) is 18.2 Å². The monoisotopic (exact) mass is 804 g/mol. The third kappa shape index (κ3) is 26.2. The van der Waals surface area contributed by atoms with Crippen LogP contribution in [0, 0.1) is 11.8 Å². The summed E-state index contributed by atoms with van der Waals surface area (Å²) in [5, 5.41) is 45.1. The summed E-state index contributed by atoms with van der Waals surface area (Å²) in [5.74, 6) is -1.32. The molecule has 1 aliphatic rings. The number of nitrogens with zero attached hydrogens (tertiary/aromatic N) is 1. The number of rotatable bonds is 34. The van der Waals surface area contributed by atoms with E-state index in [2.05, 4.69) is 19.2 Å². The van der Waals surface area contributed by atoms with Crippen molar-refractivity contribution in [2.24, 2.45) is 11.8 Å². The molecular weight excluding hydrogens is 723 g/mol. The van der Waals surface area contributed by atoms with Crippen LogP contribution in [0.1, 0.15) is 149 Å². The van der Waals surface area contributed by atoms with E-state index in [0.717, 1.165) is 38.5 Å². The van der Waals surface area contributed by atoms with Crippen LogP contribution >= 0.6 is 7.82 Å². The first-order valence-electron chi connectivity index (χ1n) is 21.4. The number of ketones is 1. The molecule has 0 spiro atoms. The second-order valence-corrected chi connectivity index (χ2v) is 18.1. The number of Topliss-reactive ketones (excluding diaryl/α,β-unsaturated/α-hetero) is 1. The maximum Gasteiger partial charge on any atom is 0.472 e. The van der Waals surface area contributed by atoms with Crippen LogP contribution in [-0.2, 0) is 23.2 Å². The molecule has 0 aromatic rings. The first-order valence-corrected chi connectivity index (χ1v) is 22.9. The van der Waals surface area contributed by atoms with Gasteiger partial charge in [-0.2, -0.15) is 0 Å². The van der Waals surface area contributed by atoms with E-state index in [9.17, 15) is 39.5 Å². The molecule has 55 heavy (non-hydrogen) atoms. The van der Waals surface area contributed by atoms with Crippen LogP contribution in [0.4, 0.5) is 0 Å². The van der Waals surface area contributed by atoms with E-state index < -0.39 is 56.7 Å². The summed E-state index contributed by atoms with van der Waals surface area (Å²) in [6, 6.07) is -0.994. The van der Waals surface area contributed by atoms with Gasteiger partial charge in [-0.05, 0) is 32.1 Å². The Balaban J connectivity index is 2.63. The number of aliphatic hydroxyl groups excluding tert-OH is 4. The number of likely N-dealkylation sites (N-methyl/N-ethyl adjacent to an activating group) is 1. The topological polar surface area (TPSA) is 183 Å². The number of allylic oxidation sites excluding steroid dienone is 1. The van der Waals surface area contributed by atoms with Gasteiger partial charge in [0.1, 0.15) is 18.9 Å². The molecule has 322 valence electrons. The number of carbonyl (C=O) groups excluding carboxylic acids is 2. The number of amides is 1. The lowest BCUT2D eigenvalue weighted by Crippen LogP contribution is -2.45. The molecule has 1 unspecified atom stereocenters. The van der Waals surface area contributed by atoms with Gasteiger partial charge in [-0.1, -0.05) is 115 Å². The van der Waals surface area contributed by atoms with Gasteiger partial charge in [0.25, 0.3) is 0 Å². The third-order valence-corrected chi connectivity index (χ3v) is 11.4. The maximum absolute atomic E-state index is 13.0. The van der Waals surface area contributed by atoms with E-state index in [1.165, 1.54) is 51.4 Å². The van der Waals surface area contributed by atoms with Gasteiger partial charge < -0.3 is 35.1 Å². The number of quaternary nitrogens is 1. The fourth-order valence-electron chi connectivity index (χ4n) is 6.86. The SMILES string of the molecule is CCCCCCCCCCCC/C=C/[C@@H](O)[C@H](COP(=O)(O)OCC[N+](C)(C)C)NC(=O)CCCCC(=O)C[C@@H]1[C@@H](/C=C/[C@@H](O)CCCCC)[C@H](O)C[C@@H]1O. The van der Waals surface area contributed by atoms with Gasteiger partial charge in [0.2, 0.25) is 5.91 Å². The minimum atomic E-state index is -4.44. The van der Waals surface area contributed by atoms with E-state index in [0.29, 0.717) is 30.3 Å². The van der Waals surface area contributed by atoms with Crippen LogP contribution < -0.4 is 5.32 Å². The smallest absolute Gasteiger partial charge is 0.393 e. The molecule has 1 amide bonds. The van der Waals surface area contributed by atoms with Gasteiger partial charge in [-0.15, -0.1) is 0 Å². The van der Waals surface area contributed by atoms with Crippen LogP contribution in [0.2, 0.25) is 0 Å². The number of nitrogens with one attached hydrogen (secondary N) is 1. The summed E-state index contributed by atoms with van der Waals surface area (Å²) < 4.78 is 23.4. The van der Waals surface area contributed by atoms with Crippen molar-refractivity contribution >= 4 is 19.5 Å². The van der Waals surface area contributed by atoms with E-state index in [1.807, 2.05) is 27.2 Å². The standard InChI is InChI=1S/C42H79N2O10P/c1-6-8-10-11-12-13-14-15-16-17-18-20-25-39(47)38(33-54-55(51,52)53-30-29-44(3,4)5)43-42(50)26-22-21-24-35(46)31-37-36(40(48)32-41(37)49)28-27-34(45)23-19-9-7-2/h20,25,27-28,34,36-41,45,47-49H,6-19,21-24,26,29-33H2,1-5H3,(H-,43,50,51,52)/p+1/b25-20+,28-27+/t34-,36+,37+,38-,39+,40+,41-/m0/s1. The van der Waals surface area contributed by atoms with Crippen LogP contribution in [0.15, 0.2) is 24.3 Å². The lowest BCUT2D eigenvalue weighted by atomic mass is 9.87. The minimum absolute atomic E-state index is 0.00572. The van der Waals surface area contributed by atoms with Gasteiger partial charge in [0.05, 0.1) is 58.2 Å². The summed E-state index contributed by atoms with van der Waals surface area (Å²) in [6.07, 6.45) is 21.5. The molecule has 0 radical (unpaired) electrons. The van der Waals surface area contributed by atoms with Crippen molar-refractivity contribution in [1.29, 1.82) is 0 Å². The number of hydrogen-bond donors (Lipinski definition) is 6. The first kappa shape index (κ1) is 51.5. The molecular formula is C42H80N2O10P+. The molecule has 12 nitrogen and oxygen atoms in total. The van der Waals surface area contributed by atoms with Gasteiger partial charge in [-0.25, -0.2) is 4.57 Å². The predicted octanol–water partition coefficient (Wildman–Crippen LogP) is 6.91. The first-order chi connectivity index (χ1) is 26.1. The zero-order valence-corrected chi connectivity index (χ0v) is 35.9. The molecule has 0 bridgehead atoms. The number of phosphoric ester groups is 1. The van der Waals surface area contributed by atoms with Crippen LogP contribution in [0.3, 0.4) is 0 Å². The van der Waals surface area contributed by atoms with Gasteiger partial charge in [0, 0.05) is 37.5 Å². The number of unbranched alkanes of at least 4 members (excludes halogenated alkanes) is 13. The van der Waals surface area contributed by atoms with Crippen molar-refractivity contribution in [2.45, 2.75) is 179 Å². The Kier molecular flexibility index (Phi) is 27.8. The highest BCUT2D eigenvalue weighted by atomic mass is 31.2. The van der Waals surface area contributed by atoms with Crippen molar-refractivity contribution in [1.82, 2.24) is 5.32 Å². The molecule has 13 heteroatoms. The molecule has 0 saturated heterocycles. The summed E-state index contributed by atoms with van der Waals surface area (Å²) in [4.78, 5) is 36.1. The molecule has 0 aromatic heterocycles. The molecule has 1 saturated carbocycles. The van der Waals surface area contributed by atoms with Crippen molar-refractivity contribution in [2.75, 3.05) is 40.9 Å². The zero-order valence-electron chi connectivity index (χ0n) is 35.0. The summed E-state index contributed by atoms with van der Waals surface area (Å²) in [5.41, 5.74) is 0. The lowest BCUT2D eigenvalue weighted by molar-refractivity contribution is -0.870. The van der Waals surface area contributed by atoms with Crippen molar-refractivity contribution in [3.8, 4) is 0 Å². The predicted molar refractivity (Wildman–Crippen MR) is 219 cm³/mol. The van der Waals surface area contributed by atoms with Gasteiger partial charge >= 0.3 is 7.82 Å². The lowest BCUT2D eigenvalue weighted by Gasteiger charge is -2.25. The fourth-order valence-corrected chi connectivity index (χ4v) is 7.59. The summed E-state index contributed by atoms with van der Waals surface area (Å²) in [6.45, 7) is 4.35. The molecule has 1 aliphatic carbocycles. The highest BCUT2D eigenvalue weighted by molar-refractivity contribution is 7.47. The number of phosphoric acid groups is 1. The Hall–Kier alpha value is -1.47. The maximum atomic E-state index is 13.0.